The third kappa shape index (κ3) is 5.87. The van der Waals surface area contributed by atoms with Crippen molar-refractivity contribution in [2.75, 3.05) is 11.9 Å². The molecule has 3 rings (SSSR count). The van der Waals surface area contributed by atoms with Crippen molar-refractivity contribution in [2.24, 2.45) is 16.8 Å². The maximum Gasteiger partial charge on any atom is 0.224 e. The number of aliphatic hydroxyl groups is 1. The van der Waals surface area contributed by atoms with Gasteiger partial charge in [-0.25, -0.2) is 5.84 Å². The fourth-order valence-electron chi connectivity index (χ4n) is 3.88. The summed E-state index contributed by atoms with van der Waals surface area (Å²) in [6, 6.07) is 5.85. The third-order valence-corrected chi connectivity index (χ3v) is 5.70. The summed E-state index contributed by atoms with van der Waals surface area (Å²) in [6.45, 7) is 0.581. The van der Waals surface area contributed by atoms with E-state index in [9.17, 15) is 9.90 Å². The van der Waals surface area contributed by atoms with E-state index in [2.05, 4.69) is 10.4 Å². The number of aryl methyl sites for hydroxylation is 1. The number of hydrazone groups is 1. The largest absolute Gasteiger partial charge is 0.494 e. The predicted octanol–water partition coefficient (Wildman–Crippen LogP) is 1.37. The molecule has 156 valence electrons. The number of ether oxygens (including phenoxy) is 1. The molecule has 0 bridgehead atoms. The van der Waals surface area contributed by atoms with E-state index in [4.69, 9.17) is 24.3 Å². The minimum Gasteiger partial charge on any atom is -0.494 e. The number of fused-ring (bicyclic) bond motifs is 1. The standard InChI is InChI=1S/C20H30BN5O3/c21-20(28)10-8-15(9-11-20)26(23)18(25-22)3-1-2-12-29-16-5-6-17-14(13-16)4-7-19(27)24-17/h5-6,13,15,28H,1-4,7-12,22-23H2,(H,24,27)/b25-18-. The number of hydrogen-bond donors (Lipinski definition) is 4. The van der Waals surface area contributed by atoms with E-state index < -0.39 is 5.50 Å². The highest BCUT2D eigenvalue weighted by Gasteiger charge is 2.31. The van der Waals surface area contributed by atoms with Crippen LogP contribution in [0.15, 0.2) is 23.3 Å². The van der Waals surface area contributed by atoms with Crippen molar-refractivity contribution in [2.45, 2.75) is 69.3 Å². The molecule has 9 heteroatoms. The highest BCUT2D eigenvalue weighted by Crippen LogP contribution is 2.28. The number of nitrogens with zero attached hydrogens (tertiary/aromatic N) is 2. The van der Waals surface area contributed by atoms with Crippen LogP contribution in [0.25, 0.3) is 0 Å². The second-order valence-corrected chi connectivity index (χ2v) is 7.96. The molecular formula is C20H30BN5O3. The maximum atomic E-state index is 11.4. The molecule has 1 amide bonds. The molecule has 1 saturated carbocycles. The first kappa shape index (κ1) is 21.5. The van der Waals surface area contributed by atoms with Crippen LogP contribution in [-0.2, 0) is 11.2 Å². The van der Waals surface area contributed by atoms with Crippen LogP contribution in [0, 0.1) is 0 Å². The quantitative estimate of drug-likeness (QED) is 0.137. The van der Waals surface area contributed by atoms with Gasteiger partial charge >= 0.3 is 0 Å². The van der Waals surface area contributed by atoms with Crippen molar-refractivity contribution in [1.82, 2.24) is 5.01 Å². The molecule has 2 aliphatic rings. The minimum atomic E-state index is -1.09. The van der Waals surface area contributed by atoms with Gasteiger partial charge in [-0.2, -0.15) is 5.10 Å². The molecule has 0 saturated heterocycles. The summed E-state index contributed by atoms with van der Waals surface area (Å²) >= 11 is 0. The molecule has 1 aliphatic carbocycles. The SMILES string of the molecule is [B]C1(O)CCC(N(N)/C(CCCCOc2ccc3c(c2)CCC(=O)N3)=N\N)CC1. The van der Waals surface area contributed by atoms with Crippen molar-refractivity contribution in [1.29, 1.82) is 0 Å². The number of amides is 1. The lowest BCUT2D eigenvalue weighted by atomic mass is 9.69. The molecule has 0 atom stereocenters. The zero-order valence-corrected chi connectivity index (χ0v) is 16.8. The number of carbonyl (C=O) groups excluding carboxylic acids is 1. The van der Waals surface area contributed by atoms with Gasteiger partial charge in [-0.05, 0) is 68.7 Å². The van der Waals surface area contributed by atoms with Gasteiger partial charge in [0.15, 0.2) is 0 Å². The van der Waals surface area contributed by atoms with Crippen LogP contribution < -0.4 is 21.7 Å². The lowest BCUT2D eigenvalue weighted by Gasteiger charge is -2.38. The molecule has 6 N–H and O–H groups in total. The second kappa shape index (κ2) is 9.50. The van der Waals surface area contributed by atoms with Crippen LogP contribution in [0.4, 0.5) is 5.69 Å². The summed E-state index contributed by atoms with van der Waals surface area (Å²) in [5.74, 6) is 13.3. The van der Waals surface area contributed by atoms with Gasteiger partial charge in [-0.1, -0.05) is 0 Å². The van der Waals surface area contributed by atoms with E-state index in [1.54, 1.807) is 5.01 Å². The monoisotopic (exact) mass is 399 g/mol. The number of carbonyl (C=O) groups is 1. The molecule has 0 unspecified atom stereocenters. The summed E-state index contributed by atoms with van der Waals surface area (Å²) in [6.07, 6.45) is 6.06. The summed E-state index contributed by atoms with van der Waals surface area (Å²) in [5.41, 5.74) is 0.892. The molecule has 1 heterocycles. The van der Waals surface area contributed by atoms with E-state index in [1.165, 1.54) is 0 Å². The van der Waals surface area contributed by atoms with Gasteiger partial charge in [0.25, 0.3) is 0 Å². The normalized spacial score (nSPS) is 24.6. The summed E-state index contributed by atoms with van der Waals surface area (Å²) in [7, 11) is 5.76. The zero-order valence-electron chi connectivity index (χ0n) is 16.8. The average molecular weight is 399 g/mol. The molecule has 0 spiro atoms. The highest BCUT2D eigenvalue weighted by atomic mass is 16.5. The summed E-state index contributed by atoms with van der Waals surface area (Å²) < 4.78 is 5.84. The Labute approximate surface area is 173 Å². The van der Waals surface area contributed by atoms with Crippen LogP contribution >= 0.6 is 0 Å². The van der Waals surface area contributed by atoms with Crippen LogP contribution in [0.3, 0.4) is 0 Å². The Balaban J connectivity index is 1.39. The molecular weight excluding hydrogens is 369 g/mol. The number of benzene rings is 1. The predicted molar refractivity (Wildman–Crippen MR) is 113 cm³/mol. The summed E-state index contributed by atoms with van der Waals surface area (Å²) in [4.78, 5) is 11.4. The van der Waals surface area contributed by atoms with E-state index in [0.29, 0.717) is 51.0 Å². The number of unbranched alkanes of at least 4 members (excludes halogenated alkanes) is 1. The molecule has 1 aliphatic heterocycles. The number of nitrogens with one attached hydrogen (secondary N) is 1. The number of anilines is 1. The molecule has 0 aromatic heterocycles. The Morgan fingerprint density at radius 2 is 2.10 bits per heavy atom. The van der Waals surface area contributed by atoms with E-state index >= 15 is 0 Å². The van der Waals surface area contributed by atoms with Crippen molar-refractivity contribution >= 4 is 25.3 Å². The van der Waals surface area contributed by atoms with Crippen LogP contribution in [0.5, 0.6) is 5.75 Å². The second-order valence-electron chi connectivity index (χ2n) is 7.96. The first-order valence-electron chi connectivity index (χ1n) is 10.3. The first-order chi connectivity index (χ1) is 13.9. The Kier molecular flexibility index (Phi) is 7.02. The maximum absolute atomic E-state index is 11.4. The van der Waals surface area contributed by atoms with Crippen molar-refractivity contribution in [3.63, 3.8) is 0 Å². The fraction of sp³-hybridized carbons (Fsp3) is 0.600. The van der Waals surface area contributed by atoms with E-state index in [1.807, 2.05) is 18.2 Å². The lowest BCUT2D eigenvalue weighted by Crippen LogP contribution is -2.50. The van der Waals surface area contributed by atoms with Crippen molar-refractivity contribution in [3.05, 3.63) is 23.8 Å². The minimum absolute atomic E-state index is 0.0597. The summed E-state index contributed by atoms with van der Waals surface area (Å²) in [5, 5.41) is 18.2. The number of nitrogens with two attached hydrogens (primary N) is 2. The van der Waals surface area contributed by atoms with Gasteiger partial charge in [-0.15, -0.1) is 0 Å². The number of hydrazine groups is 1. The Morgan fingerprint density at radius 3 is 2.83 bits per heavy atom. The van der Waals surface area contributed by atoms with Crippen LogP contribution in [0.1, 0.15) is 56.9 Å². The number of hydrogen-bond acceptors (Lipinski definition) is 6. The molecule has 8 nitrogen and oxygen atoms in total. The molecule has 1 fully saturated rings. The van der Waals surface area contributed by atoms with E-state index in [0.717, 1.165) is 36.3 Å². The topological polar surface area (TPSA) is 126 Å². The molecule has 1 aromatic rings. The van der Waals surface area contributed by atoms with Gasteiger partial charge in [0.2, 0.25) is 5.91 Å². The number of amidine groups is 1. The Hall–Kier alpha value is -2.26. The average Bonchev–Trinajstić information content (AvgIpc) is 2.70. The van der Waals surface area contributed by atoms with Gasteiger partial charge in [0.1, 0.15) is 19.4 Å². The van der Waals surface area contributed by atoms with Crippen molar-refractivity contribution in [3.8, 4) is 5.75 Å². The zero-order chi connectivity index (χ0) is 20.9. The van der Waals surface area contributed by atoms with Gasteiger partial charge in [0.05, 0.1) is 6.61 Å². The Morgan fingerprint density at radius 1 is 1.34 bits per heavy atom. The molecule has 1 aromatic carbocycles. The van der Waals surface area contributed by atoms with Crippen LogP contribution in [0.2, 0.25) is 0 Å². The van der Waals surface area contributed by atoms with E-state index in [-0.39, 0.29) is 11.9 Å². The molecule has 2 radical (unpaired) electrons. The first-order valence-corrected chi connectivity index (χ1v) is 10.3. The Bertz CT molecular complexity index is 746. The van der Waals surface area contributed by atoms with Crippen molar-refractivity contribution < 1.29 is 14.6 Å². The lowest BCUT2D eigenvalue weighted by molar-refractivity contribution is -0.116. The smallest absolute Gasteiger partial charge is 0.224 e. The van der Waals surface area contributed by atoms with Gasteiger partial charge < -0.3 is 21.0 Å². The fourth-order valence-corrected chi connectivity index (χ4v) is 3.88. The van der Waals surface area contributed by atoms with Gasteiger partial charge in [-0.3, -0.25) is 9.80 Å². The van der Waals surface area contributed by atoms with Crippen LogP contribution in [-0.4, -0.2) is 47.9 Å². The highest BCUT2D eigenvalue weighted by molar-refractivity contribution is 6.14. The van der Waals surface area contributed by atoms with Gasteiger partial charge in [0, 0.05) is 30.1 Å². The number of rotatable bonds is 7. The third-order valence-electron chi connectivity index (χ3n) is 5.70. The molecule has 29 heavy (non-hydrogen) atoms.